The zero-order valence-corrected chi connectivity index (χ0v) is 9.84. The molecule has 76 valence electrons. The van der Waals surface area contributed by atoms with Crippen LogP contribution in [0.2, 0.25) is 0 Å². The minimum Gasteiger partial charge on any atom is -0.219 e. The van der Waals surface area contributed by atoms with E-state index in [1.54, 1.807) is 0 Å². The van der Waals surface area contributed by atoms with Crippen LogP contribution in [0.4, 0.5) is 0 Å². The van der Waals surface area contributed by atoms with E-state index in [0.29, 0.717) is 0 Å². The van der Waals surface area contributed by atoms with Crippen LogP contribution in [-0.4, -0.2) is 15.0 Å². The third-order valence-corrected chi connectivity index (χ3v) is 0.971. The first kappa shape index (κ1) is 14.5. The Morgan fingerprint density at radius 2 is 0.692 bits per heavy atom. The third-order valence-electron chi connectivity index (χ3n) is 0.971. The van der Waals surface area contributed by atoms with Crippen LogP contribution < -0.4 is 0 Å². The van der Waals surface area contributed by atoms with Gasteiger partial charge in [-0.2, -0.15) is 0 Å². The Kier molecular flexibility index (Phi) is 10.2. The second kappa shape index (κ2) is 9.10. The van der Waals surface area contributed by atoms with E-state index in [4.69, 9.17) is 0 Å². The number of aryl methyl sites for hydroxylation is 3. The van der Waals surface area contributed by atoms with E-state index in [2.05, 4.69) is 15.0 Å². The van der Waals surface area contributed by atoms with Crippen molar-refractivity contribution >= 4 is 0 Å². The van der Waals surface area contributed by atoms with Gasteiger partial charge in [0.05, 0.1) is 0 Å². The van der Waals surface area contributed by atoms with Crippen molar-refractivity contribution in [1.29, 1.82) is 0 Å². The van der Waals surface area contributed by atoms with Crippen molar-refractivity contribution in [2.24, 2.45) is 0 Å². The lowest BCUT2D eigenvalue weighted by Gasteiger charge is -1.94. The van der Waals surface area contributed by atoms with Crippen LogP contribution in [0.1, 0.15) is 45.2 Å². The molecule has 0 N–H and O–H groups in total. The molecule has 0 aliphatic rings. The van der Waals surface area contributed by atoms with E-state index >= 15 is 0 Å². The predicted molar refractivity (Wildman–Crippen MR) is 56.7 cm³/mol. The number of aromatic nitrogens is 3. The zero-order valence-electron chi connectivity index (χ0n) is 9.84. The van der Waals surface area contributed by atoms with Crippen LogP contribution >= 0.6 is 0 Å². The predicted octanol–water partition coefficient (Wildman–Crippen LogP) is 2.85. The summed E-state index contributed by atoms with van der Waals surface area (Å²) in [5.41, 5.74) is 0. The Hall–Kier alpha value is -0.990. The molecular formula is C10H21N3. The van der Waals surface area contributed by atoms with E-state index < -0.39 is 0 Å². The first-order chi connectivity index (χ1) is 6.18. The van der Waals surface area contributed by atoms with Gasteiger partial charge in [0.25, 0.3) is 0 Å². The van der Waals surface area contributed by atoms with E-state index in [-0.39, 0.29) is 0 Å². The maximum atomic E-state index is 4.01. The van der Waals surface area contributed by atoms with Gasteiger partial charge in [0, 0.05) is 0 Å². The van der Waals surface area contributed by atoms with Crippen molar-refractivity contribution in [3.05, 3.63) is 17.5 Å². The van der Waals surface area contributed by atoms with E-state index in [9.17, 15) is 0 Å². The molecule has 13 heavy (non-hydrogen) atoms. The molecule has 1 aromatic heterocycles. The van der Waals surface area contributed by atoms with Gasteiger partial charge in [-0.25, -0.2) is 15.0 Å². The van der Waals surface area contributed by atoms with Crippen molar-refractivity contribution < 1.29 is 0 Å². The Labute approximate surface area is 81.7 Å². The van der Waals surface area contributed by atoms with Gasteiger partial charge in [0.2, 0.25) is 0 Å². The average Bonchev–Trinajstić information content (AvgIpc) is 2.09. The van der Waals surface area contributed by atoms with Gasteiger partial charge in [-0.1, -0.05) is 27.7 Å². The monoisotopic (exact) mass is 183 g/mol. The summed E-state index contributed by atoms with van der Waals surface area (Å²) < 4.78 is 0. The van der Waals surface area contributed by atoms with Crippen LogP contribution in [0.3, 0.4) is 0 Å². The molecule has 0 atom stereocenters. The third kappa shape index (κ3) is 7.37. The standard InChI is InChI=1S/C6H9N3.2C2H6/c1-4-7-5(2)9-6(3)8-4;2*1-2/h1-3H3;2*1-2H3. The van der Waals surface area contributed by atoms with Gasteiger partial charge < -0.3 is 0 Å². The number of nitrogens with zero attached hydrogens (tertiary/aromatic N) is 3. The van der Waals surface area contributed by atoms with Gasteiger partial charge in [-0.3, -0.25) is 0 Å². The number of rotatable bonds is 0. The molecular weight excluding hydrogens is 162 g/mol. The molecule has 0 unspecified atom stereocenters. The summed E-state index contributed by atoms with van der Waals surface area (Å²) in [5.74, 6) is 2.38. The summed E-state index contributed by atoms with van der Waals surface area (Å²) in [4.78, 5) is 12.0. The highest BCUT2D eigenvalue weighted by atomic mass is 15.0. The SMILES string of the molecule is CC.CC.Cc1nc(C)nc(C)n1. The molecule has 3 heteroatoms. The molecule has 0 aliphatic heterocycles. The quantitative estimate of drug-likeness (QED) is 0.620. The molecule has 0 aliphatic carbocycles. The van der Waals surface area contributed by atoms with Crippen molar-refractivity contribution in [2.45, 2.75) is 48.5 Å². The Morgan fingerprint density at radius 3 is 0.846 bits per heavy atom. The molecule has 0 radical (unpaired) electrons. The molecule has 0 spiro atoms. The molecule has 0 saturated heterocycles. The maximum absolute atomic E-state index is 4.01. The fourth-order valence-electron chi connectivity index (χ4n) is 0.777. The molecule has 3 nitrogen and oxygen atoms in total. The minimum atomic E-state index is 0.792. The van der Waals surface area contributed by atoms with Crippen LogP contribution in [0.15, 0.2) is 0 Å². The summed E-state index contributed by atoms with van der Waals surface area (Å²) in [6.45, 7) is 13.6. The fraction of sp³-hybridized carbons (Fsp3) is 0.700. The second-order valence-electron chi connectivity index (χ2n) is 1.98. The molecule has 1 aromatic rings. The average molecular weight is 183 g/mol. The summed E-state index contributed by atoms with van der Waals surface area (Å²) in [6.07, 6.45) is 0. The molecule has 0 bridgehead atoms. The van der Waals surface area contributed by atoms with E-state index in [0.717, 1.165) is 17.5 Å². The van der Waals surface area contributed by atoms with Crippen LogP contribution in [0, 0.1) is 20.8 Å². The molecule has 0 aromatic carbocycles. The lowest BCUT2D eigenvalue weighted by Crippen LogP contribution is -1.97. The normalized spacial score (nSPS) is 7.62. The lowest BCUT2D eigenvalue weighted by atomic mass is 10.6. The fourth-order valence-corrected chi connectivity index (χ4v) is 0.777. The van der Waals surface area contributed by atoms with Crippen LogP contribution in [0.5, 0.6) is 0 Å². The highest BCUT2D eigenvalue weighted by Crippen LogP contribution is 1.90. The minimum absolute atomic E-state index is 0.792. The zero-order chi connectivity index (χ0) is 10.9. The largest absolute Gasteiger partial charge is 0.219 e. The van der Waals surface area contributed by atoms with Crippen molar-refractivity contribution in [1.82, 2.24) is 15.0 Å². The summed E-state index contributed by atoms with van der Waals surface area (Å²) in [7, 11) is 0. The molecule has 0 fully saturated rings. The number of hydrogen-bond acceptors (Lipinski definition) is 3. The molecule has 0 saturated carbocycles. The Balaban J connectivity index is 0. The van der Waals surface area contributed by atoms with Crippen molar-refractivity contribution in [3.8, 4) is 0 Å². The summed E-state index contributed by atoms with van der Waals surface area (Å²) in [6, 6.07) is 0. The van der Waals surface area contributed by atoms with Gasteiger partial charge in [0.15, 0.2) is 0 Å². The first-order valence-corrected chi connectivity index (χ1v) is 4.84. The lowest BCUT2D eigenvalue weighted by molar-refractivity contribution is 0.875. The molecule has 1 heterocycles. The van der Waals surface area contributed by atoms with Crippen molar-refractivity contribution in [2.75, 3.05) is 0 Å². The highest BCUT2D eigenvalue weighted by Gasteiger charge is 1.91. The van der Waals surface area contributed by atoms with Gasteiger partial charge >= 0.3 is 0 Å². The van der Waals surface area contributed by atoms with Gasteiger partial charge in [-0.05, 0) is 20.8 Å². The first-order valence-electron chi connectivity index (χ1n) is 4.84. The number of hydrogen-bond donors (Lipinski definition) is 0. The summed E-state index contributed by atoms with van der Waals surface area (Å²) >= 11 is 0. The Morgan fingerprint density at radius 1 is 0.538 bits per heavy atom. The second-order valence-corrected chi connectivity index (χ2v) is 1.98. The van der Waals surface area contributed by atoms with Gasteiger partial charge in [-0.15, -0.1) is 0 Å². The maximum Gasteiger partial charge on any atom is 0.129 e. The smallest absolute Gasteiger partial charge is 0.129 e. The summed E-state index contributed by atoms with van der Waals surface area (Å²) in [5, 5.41) is 0. The highest BCUT2D eigenvalue weighted by molar-refractivity contribution is 4.91. The molecule has 0 amide bonds. The van der Waals surface area contributed by atoms with E-state index in [1.165, 1.54) is 0 Å². The van der Waals surface area contributed by atoms with Crippen LogP contribution in [0.25, 0.3) is 0 Å². The van der Waals surface area contributed by atoms with Crippen molar-refractivity contribution in [3.63, 3.8) is 0 Å². The van der Waals surface area contributed by atoms with Gasteiger partial charge in [0.1, 0.15) is 17.5 Å². The van der Waals surface area contributed by atoms with Crippen LogP contribution in [-0.2, 0) is 0 Å². The topological polar surface area (TPSA) is 38.7 Å². The van der Waals surface area contributed by atoms with E-state index in [1.807, 2.05) is 48.5 Å². The molecule has 1 rings (SSSR count). The Bertz CT molecular complexity index is 171.